The van der Waals surface area contributed by atoms with Crippen LogP contribution in [0, 0.1) is 0 Å². The van der Waals surface area contributed by atoms with Crippen LogP contribution < -0.4 is 5.32 Å². The Hall–Kier alpha value is -0.410. The lowest BCUT2D eigenvalue weighted by molar-refractivity contribution is 0.287. The van der Waals surface area contributed by atoms with Gasteiger partial charge in [0.25, 0.3) is 0 Å². The molecule has 0 aromatic rings. The molecule has 0 aromatic heterocycles. The first kappa shape index (κ1) is 7.59. The summed E-state index contributed by atoms with van der Waals surface area (Å²) in [5.41, 5.74) is 0.772. The molecule has 0 spiro atoms. The van der Waals surface area contributed by atoms with Crippen LogP contribution in [0.3, 0.4) is 0 Å². The summed E-state index contributed by atoms with van der Waals surface area (Å²) >= 11 is 4.71. The Morgan fingerprint density at radius 2 is 2.38 bits per heavy atom. The fraction of sp³-hybridized carbons (Fsp3) is 0.400. The number of aliphatic hydroxyl groups is 1. The van der Waals surface area contributed by atoms with Gasteiger partial charge in [-0.3, -0.25) is 0 Å². The molecule has 0 rings (SSSR count). The van der Waals surface area contributed by atoms with Crippen molar-refractivity contribution in [2.45, 2.75) is 6.92 Å². The first-order valence-electron chi connectivity index (χ1n) is 2.23. The Bertz CT molecular complexity index is 111. The minimum Gasteiger partial charge on any atom is -0.377 e. The average molecular weight is 131 g/mol. The van der Waals surface area contributed by atoms with Crippen LogP contribution in [0.25, 0.3) is 0 Å². The molecule has 0 heterocycles. The highest BCUT2D eigenvalue weighted by Gasteiger charge is 1.90. The summed E-state index contributed by atoms with van der Waals surface area (Å²) in [7, 11) is 0. The van der Waals surface area contributed by atoms with Crippen LogP contribution in [0.4, 0.5) is 0 Å². The van der Waals surface area contributed by atoms with Gasteiger partial charge in [0.15, 0.2) is 0 Å². The molecule has 2 nitrogen and oxygen atoms in total. The number of aliphatic hydroxyl groups excluding tert-OH is 1. The smallest absolute Gasteiger partial charge is 0.113 e. The summed E-state index contributed by atoms with van der Waals surface area (Å²) in [5, 5.41) is 10.8. The van der Waals surface area contributed by atoms with Gasteiger partial charge in [0.05, 0.1) is 0 Å². The zero-order chi connectivity index (χ0) is 6.57. The lowest BCUT2D eigenvalue weighted by atomic mass is 10.3. The molecule has 0 atom stereocenters. The van der Waals surface area contributed by atoms with Gasteiger partial charge in [-0.1, -0.05) is 18.8 Å². The first-order valence-corrected chi connectivity index (χ1v) is 2.64. The van der Waals surface area contributed by atoms with Gasteiger partial charge >= 0.3 is 0 Å². The maximum absolute atomic E-state index is 8.25. The summed E-state index contributed by atoms with van der Waals surface area (Å²) in [6, 6.07) is 0. The van der Waals surface area contributed by atoms with Crippen molar-refractivity contribution in [1.29, 1.82) is 0 Å². The van der Waals surface area contributed by atoms with Crippen molar-refractivity contribution >= 4 is 17.2 Å². The average Bonchev–Trinajstić information content (AvgIpc) is 1.67. The SMILES string of the molecule is C=C(C)C(=S)NCO. The Morgan fingerprint density at radius 3 is 2.50 bits per heavy atom. The monoisotopic (exact) mass is 131 g/mol. The molecule has 0 saturated heterocycles. The molecule has 0 fully saturated rings. The highest BCUT2D eigenvalue weighted by molar-refractivity contribution is 7.80. The first-order chi connectivity index (χ1) is 3.68. The second-order valence-corrected chi connectivity index (χ2v) is 1.85. The van der Waals surface area contributed by atoms with Gasteiger partial charge in [-0.05, 0) is 12.5 Å². The number of hydrogen-bond donors (Lipinski definition) is 2. The van der Waals surface area contributed by atoms with E-state index in [-0.39, 0.29) is 6.73 Å². The van der Waals surface area contributed by atoms with Gasteiger partial charge in [-0.2, -0.15) is 0 Å². The second-order valence-electron chi connectivity index (χ2n) is 1.44. The van der Waals surface area contributed by atoms with Crippen molar-refractivity contribution in [2.75, 3.05) is 6.73 Å². The summed E-state index contributed by atoms with van der Waals surface area (Å²) < 4.78 is 0. The van der Waals surface area contributed by atoms with Crippen molar-refractivity contribution in [1.82, 2.24) is 5.32 Å². The lowest BCUT2D eigenvalue weighted by Gasteiger charge is -2.00. The molecule has 8 heavy (non-hydrogen) atoms. The van der Waals surface area contributed by atoms with Crippen molar-refractivity contribution in [3.05, 3.63) is 12.2 Å². The van der Waals surface area contributed by atoms with Crippen LogP contribution in [0.2, 0.25) is 0 Å². The molecular formula is C5H9NOS. The second kappa shape index (κ2) is 3.57. The highest BCUT2D eigenvalue weighted by atomic mass is 32.1. The van der Waals surface area contributed by atoms with E-state index in [0.29, 0.717) is 4.99 Å². The van der Waals surface area contributed by atoms with Gasteiger partial charge in [0.2, 0.25) is 0 Å². The van der Waals surface area contributed by atoms with Gasteiger partial charge < -0.3 is 10.4 Å². The van der Waals surface area contributed by atoms with E-state index in [1.807, 2.05) is 0 Å². The van der Waals surface area contributed by atoms with Crippen LogP contribution in [-0.2, 0) is 0 Å². The molecule has 0 saturated carbocycles. The zero-order valence-electron chi connectivity index (χ0n) is 4.77. The van der Waals surface area contributed by atoms with E-state index in [1.54, 1.807) is 6.92 Å². The molecular weight excluding hydrogens is 122 g/mol. The van der Waals surface area contributed by atoms with E-state index >= 15 is 0 Å². The summed E-state index contributed by atoms with van der Waals surface area (Å²) in [6.07, 6.45) is 0. The molecule has 46 valence electrons. The minimum atomic E-state index is -0.119. The molecule has 0 amide bonds. The standard InChI is InChI=1S/C5H9NOS/c1-4(2)5(8)6-3-7/h7H,1,3H2,2H3,(H,6,8). The fourth-order valence-corrected chi connectivity index (χ4v) is 0.287. The van der Waals surface area contributed by atoms with E-state index in [1.165, 1.54) is 0 Å². The van der Waals surface area contributed by atoms with Crippen LogP contribution in [0.1, 0.15) is 6.92 Å². The lowest BCUT2D eigenvalue weighted by Crippen LogP contribution is -2.22. The maximum atomic E-state index is 8.25. The van der Waals surface area contributed by atoms with Crippen molar-refractivity contribution in [3.8, 4) is 0 Å². The Morgan fingerprint density at radius 1 is 1.88 bits per heavy atom. The van der Waals surface area contributed by atoms with Crippen LogP contribution in [0.15, 0.2) is 12.2 Å². The minimum absolute atomic E-state index is 0.119. The molecule has 0 aliphatic heterocycles. The van der Waals surface area contributed by atoms with Gasteiger partial charge in [0, 0.05) is 0 Å². The normalized spacial score (nSPS) is 8.25. The summed E-state index contributed by atoms with van der Waals surface area (Å²) in [5.74, 6) is 0. The highest BCUT2D eigenvalue weighted by Crippen LogP contribution is 1.86. The van der Waals surface area contributed by atoms with Crippen LogP contribution >= 0.6 is 12.2 Å². The molecule has 0 aliphatic rings. The van der Waals surface area contributed by atoms with Crippen LogP contribution in [0.5, 0.6) is 0 Å². The van der Waals surface area contributed by atoms with E-state index in [4.69, 9.17) is 17.3 Å². The Kier molecular flexibility index (Phi) is 3.39. The number of rotatable bonds is 2. The molecule has 0 bridgehead atoms. The van der Waals surface area contributed by atoms with Gasteiger partial charge in [0.1, 0.15) is 11.7 Å². The van der Waals surface area contributed by atoms with Crippen molar-refractivity contribution < 1.29 is 5.11 Å². The predicted molar refractivity (Wildman–Crippen MR) is 37.6 cm³/mol. The molecule has 0 unspecified atom stereocenters. The molecule has 3 heteroatoms. The van der Waals surface area contributed by atoms with Crippen LogP contribution in [-0.4, -0.2) is 16.8 Å². The third-order valence-electron chi connectivity index (χ3n) is 0.627. The van der Waals surface area contributed by atoms with Crippen molar-refractivity contribution in [3.63, 3.8) is 0 Å². The number of thiocarbonyl (C=S) groups is 1. The fourth-order valence-electron chi connectivity index (χ4n) is 0.223. The third kappa shape index (κ3) is 2.71. The maximum Gasteiger partial charge on any atom is 0.113 e. The predicted octanol–water partition coefficient (Wildman–Crippen LogP) is 0.429. The van der Waals surface area contributed by atoms with Crippen molar-refractivity contribution in [2.24, 2.45) is 0 Å². The molecule has 0 aliphatic carbocycles. The summed E-state index contributed by atoms with van der Waals surface area (Å²) in [6.45, 7) is 5.22. The van der Waals surface area contributed by atoms with E-state index in [2.05, 4.69) is 11.9 Å². The zero-order valence-corrected chi connectivity index (χ0v) is 5.59. The molecule has 0 radical (unpaired) electrons. The Balaban J connectivity index is 3.49. The topological polar surface area (TPSA) is 32.3 Å². The Labute approximate surface area is 54.2 Å². The largest absolute Gasteiger partial charge is 0.377 e. The quantitative estimate of drug-likeness (QED) is 0.324. The van der Waals surface area contributed by atoms with E-state index in [9.17, 15) is 0 Å². The number of hydrogen-bond acceptors (Lipinski definition) is 2. The summed E-state index contributed by atoms with van der Waals surface area (Å²) in [4.78, 5) is 0.521. The van der Waals surface area contributed by atoms with E-state index < -0.39 is 0 Å². The third-order valence-corrected chi connectivity index (χ3v) is 1.12. The molecule has 2 N–H and O–H groups in total. The number of nitrogens with one attached hydrogen (secondary N) is 1. The molecule has 0 aromatic carbocycles. The van der Waals surface area contributed by atoms with E-state index in [0.717, 1.165) is 5.57 Å². The van der Waals surface area contributed by atoms with Gasteiger partial charge in [-0.25, -0.2) is 0 Å². The van der Waals surface area contributed by atoms with Gasteiger partial charge in [-0.15, -0.1) is 0 Å².